The molecular formula is C27H21F3N2O3. The number of hydrogen-bond donors (Lipinski definition) is 1. The van der Waals surface area contributed by atoms with Crippen LogP contribution in [0.25, 0.3) is 0 Å². The second kappa shape index (κ2) is 7.18. The van der Waals surface area contributed by atoms with Gasteiger partial charge in [-0.2, -0.15) is 13.2 Å². The van der Waals surface area contributed by atoms with Crippen molar-refractivity contribution in [3.05, 3.63) is 95.1 Å². The van der Waals surface area contributed by atoms with Crippen molar-refractivity contribution in [1.29, 1.82) is 0 Å². The van der Waals surface area contributed by atoms with Crippen LogP contribution in [0, 0.1) is 5.41 Å². The molecule has 3 heterocycles. The number of rotatable bonds is 1. The molecular weight excluding hydrogens is 457 g/mol. The first-order valence-corrected chi connectivity index (χ1v) is 11.3. The van der Waals surface area contributed by atoms with Gasteiger partial charge in [-0.15, -0.1) is 0 Å². The number of nitrogens with zero attached hydrogens (tertiary/aromatic N) is 1. The van der Waals surface area contributed by atoms with Crippen LogP contribution in [0.2, 0.25) is 0 Å². The number of carbonyl (C=O) groups is 2. The normalized spacial score (nSPS) is 27.6. The fourth-order valence-corrected chi connectivity index (χ4v) is 6.32. The van der Waals surface area contributed by atoms with Crippen LogP contribution in [0.15, 0.2) is 72.8 Å². The maximum atomic E-state index is 14.4. The Kier molecular flexibility index (Phi) is 4.48. The Morgan fingerprint density at radius 1 is 0.971 bits per heavy atom. The molecule has 1 fully saturated rings. The SMILES string of the molecule is CN1C[C@@H](c2ccc(C(F)(F)F)cc2)[C@@]2(COc3ccccc3C2=O)[C@@]12C(=O)Nc1ccccc12. The van der Waals surface area contributed by atoms with Crippen LogP contribution in [0.4, 0.5) is 18.9 Å². The third-order valence-corrected chi connectivity index (χ3v) is 7.80. The minimum atomic E-state index is -4.48. The van der Waals surface area contributed by atoms with E-state index in [4.69, 9.17) is 4.74 Å². The molecule has 1 amide bonds. The predicted molar refractivity (Wildman–Crippen MR) is 122 cm³/mol. The molecule has 8 heteroatoms. The highest BCUT2D eigenvalue weighted by atomic mass is 19.4. The number of likely N-dealkylation sites (tertiary alicyclic amines) is 1. The van der Waals surface area contributed by atoms with Crippen molar-refractivity contribution in [2.45, 2.75) is 17.6 Å². The van der Waals surface area contributed by atoms with Crippen LogP contribution in [-0.2, 0) is 16.5 Å². The number of fused-ring (bicyclic) bond motifs is 4. The first-order chi connectivity index (χ1) is 16.7. The zero-order chi connectivity index (χ0) is 24.6. The van der Waals surface area contributed by atoms with Crippen LogP contribution in [0.3, 0.4) is 0 Å². The minimum absolute atomic E-state index is 0.0827. The molecule has 3 aromatic carbocycles. The van der Waals surface area contributed by atoms with Gasteiger partial charge in [-0.25, -0.2) is 0 Å². The van der Waals surface area contributed by atoms with Crippen molar-refractivity contribution >= 4 is 17.4 Å². The van der Waals surface area contributed by atoms with Crippen LogP contribution < -0.4 is 10.1 Å². The van der Waals surface area contributed by atoms with Gasteiger partial charge in [0, 0.05) is 23.7 Å². The van der Waals surface area contributed by atoms with Gasteiger partial charge in [0.25, 0.3) is 5.91 Å². The van der Waals surface area contributed by atoms with E-state index in [2.05, 4.69) is 5.32 Å². The molecule has 3 aliphatic rings. The average molecular weight is 478 g/mol. The summed E-state index contributed by atoms with van der Waals surface area (Å²) < 4.78 is 45.9. The first kappa shape index (κ1) is 21.9. The summed E-state index contributed by atoms with van der Waals surface area (Å²) >= 11 is 0. The molecule has 6 rings (SSSR count). The van der Waals surface area contributed by atoms with E-state index in [0.717, 1.165) is 12.1 Å². The number of Topliss-reactive ketones (excluding diaryl/α,β-unsaturated/α-hetero) is 1. The van der Waals surface area contributed by atoms with Crippen LogP contribution in [-0.4, -0.2) is 36.8 Å². The lowest BCUT2D eigenvalue weighted by molar-refractivity contribution is -0.137. The van der Waals surface area contributed by atoms with E-state index < -0.39 is 28.6 Å². The van der Waals surface area contributed by atoms with E-state index in [1.54, 1.807) is 37.4 Å². The number of halogens is 3. The summed E-state index contributed by atoms with van der Waals surface area (Å²) in [5, 5.41) is 2.94. The zero-order valence-corrected chi connectivity index (χ0v) is 18.7. The molecule has 0 bridgehead atoms. The number of carbonyl (C=O) groups excluding carboxylic acids is 2. The predicted octanol–water partition coefficient (Wildman–Crippen LogP) is 4.84. The molecule has 3 aromatic rings. The highest BCUT2D eigenvalue weighted by molar-refractivity contribution is 6.15. The summed E-state index contributed by atoms with van der Waals surface area (Å²) in [5.74, 6) is -0.745. The first-order valence-electron chi connectivity index (χ1n) is 11.3. The van der Waals surface area contributed by atoms with Gasteiger partial charge in [0.1, 0.15) is 23.3 Å². The topological polar surface area (TPSA) is 58.6 Å². The lowest BCUT2D eigenvalue weighted by Crippen LogP contribution is -2.62. The van der Waals surface area contributed by atoms with E-state index in [9.17, 15) is 22.8 Å². The molecule has 178 valence electrons. The second-order valence-corrected chi connectivity index (χ2v) is 9.35. The fraction of sp³-hybridized carbons (Fsp3) is 0.259. The van der Waals surface area contributed by atoms with E-state index in [-0.39, 0.29) is 24.8 Å². The quantitative estimate of drug-likeness (QED) is 0.544. The Balaban J connectivity index is 1.61. The van der Waals surface area contributed by atoms with Crippen molar-refractivity contribution in [2.24, 2.45) is 5.41 Å². The van der Waals surface area contributed by atoms with E-state index in [0.29, 0.717) is 28.1 Å². The molecule has 0 radical (unpaired) electrons. The number of likely N-dealkylation sites (N-methyl/N-ethyl adjacent to an activating group) is 1. The summed E-state index contributed by atoms with van der Waals surface area (Å²) in [6.07, 6.45) is -4.48. The third kappa shape index (κ3) is 2.68. The highest BCUT2D eigenvalue weighted by Crippen LogP contribution is 2.64. The van der Waals surface area contributed by atoms with Crippen molar-refractivity contribution in [3.63, 3.8) is 0 Å². The number of benzene rings is 3. The number of para-hydroxylation sites is 2. The number of ether oxygens (including phenoxy) is 1. The van der Waals surface area contributed by atoms with Crippen LogP contribution in [0.5, 0.6) is 5.75 Å². The van der Waals surface area contributed by atoms with Gasteiger partial charge in [0.2, 0.25) is 0 Å². The summed E-state index contributed by atoms with van der Waals surface area (Å²) in [5.41, 5.74) is -1.36. The molecule has 0 saturated carbocycles. The van der Waals surface area contributed by atoms with E-state index in [1.165, 1.54) is 12.1 Å². The zero-order valence-electron chi connectivity index (χ0n) is 18.7. The molecule has 3 atom stereocenters. The maximum Gasteiger partial charge on any atom is 0.416 e. The number of alkyl halides is 3. The lowest BCUT2D eigenvalue weighted by atomic mass is 9.57. The number of ketones is 1. The number of anilines is 1. The largest absolute Gasteiger partial charge is 0.492 e. The molecule has 2 spiro atoms. The van der Waals surface area contributed by atoms with Crippen molar-refractivity contribution in [2.75, 3.05) is 25.5 Å². The Bertz CT molecular complexity index is 1370. The van der Waals surface area contributed by atoms with Gasteiger partial charge >= 0.3 is 6.18 Å². The van der Waals surface area contributed by atoms with Crippen molar-refractivity contribution < 1.29 is 27.5 Å². The minimum Gasteiger partial charge on any atom is -0.492 e. The number of nitrogens with one attached hydrogen (secondary N) is 1. The molecule has 0 aliphatic carbocycles. The Morgan fingerprint density at radius 2 is 1.66 bits per heavy atom. The fourth-order valence-electron chi connectivity index (χ4n) is 6.32. The van der Waals surface area contributed by atoms with E-state index >= 15 is 0 Å². The molecule has 0 aromatic heterocycles. The molecule has 35 heavy (non-hydrogen) atoms. The summed E-state index contributed by atoms with van der Waals surface area (Å²) in [4.78, 5) is 30.1. The van der Waals surface area contributed by atoms with Gasteiger partial charge < -0.3 is 10.1 Å². The van der Waals surface area contributed by atoms with E-state index in [1.807, 2.05) is 23.1 Å². The molecule has 1 saturated heterocycles. The van der Waals surface area contributed by atoms with Crippen molar-refractivity contribution in [1.82, 2.24) is 4.90 Å². The highest BCUT2D eigenvalue weighted by Gasteiger charge is 2.75. The van der Waals surface area contributed by atoms with Gasteiger partial charge in [-0.05, 0) is 42.9 Å². The monoisotopic (exact) mass is 478 g/mol. The number of hydrogen-bond acceptors (Lipinski definition) is 4. The van der Waals surface area contributed by atoms with Gasteiger partial charge in [-0.1, -0.05) is 42.5 Å². The molecule has 1 N–H and O–H groups in total. The van der Waals surface area contributed by atoms with Crippen LogP contribution in [0.1, 0.15) is 33.0 Å². The molecule has 3 aliphatic heterocycles. The molecule has 5 nitrogen and oxygen atoms in total. The second-order valence-electron chi connectivity index (χ2n) is 9.35. The summed E-state index contributed by atoms with van der Waals surface area (Å²) in [6.45, 7) is 0.199. The van der Waals surface area contributed by atoms with Gasteiger partial charge in [0.15, 0.2) is 5.78 Å². The standard InChI is InChI=1S/C27H21F3N2O3/c1-32-14-20(16-10-12-17(13-11-16)27(28,29)30)25(15-35-22-9-5-2-6-18(22)23(25)33)26(32)19-7-3-4-8-21(19)31-24(26)34/h2-13,20H,14-15H2,1H3,(H,31,34)/t20-,25+,26+/m0/s1. The summed E-state index contributed by atoms with van der Waals surface area (Å²) in [6, 6.07) is 19.0. The van der Waals surface area contributed by atoms with Crippen LogP contribution >= 0.6 is 0 Å². The summed E-state index contributed by atoms with van der Waals surface area (Å²) in [7, 11) is 1.78. The Labute approximate surface area is 199 Å². The third-order valence-electron chi connectivity index (χ3n) is 7.80. The lowest BCUT2D eigenvalue weighted by Gasteiger charge is -2.47. The van der Waals surface area contributed by atoms with Gasteiger partial charge in [0.05, 0.1) is 11.1 Å². The Hall–Kier alpha value is -3.65. The average Bonchev–Trinajstić information content (AvgIpc) is 3.29. The van der Waals surface area contributed by atoms with Crippen molar-refractivity contribution in [3.8, 4) is 5.75 Å². The maximum absolute atomic E-state index is 14.4. The molecule has 0 unspecified atom stereocenters. The Morgan fingerprint density at radius 3 is 2.40 bits per heavy atom. The van der Waals surface area contributed by atoms with Gasteiger partial charge in [-0.3, -0.25) is 14.5 Å². The smallest absolute Gasteiger partial charge is 0.416 e. The number of amides is 1.